The maximum absolute atomic E-state index is 12.4. The Labute approximate surface area is 148 Å². The van der Waals surface area contributed by atoms with E-state index in [9.17, 15) is 9.59 Å². The molecule has 1 aromatic heterocycles. The lowest BCUT2D eigenvalue weighted by Crippen LogP contribution is -2.19. The summed E-state index contributed by atoms with van der Waals surface area (Å²) in [6.45, 7) is -0.251. The quantitative estimate of drug-likeness (QED) is 0.681. The zero-order valence-corrected chi connectivity index (χ0v) is 14.3. The first kappa shape index (κ1) is 17.3. The molecule has 0 saturated heterocycles. The minimum absolute atomic E-state index is 0.251. The van der Waals surface area contributed by atoms with Crippen LogP contribution >= 0.6 is 0 Å². The Morgan fingerprint density at radius 2 is 1.81 bits per heavy atom. The standard InChI is InChI=1S/C19H17NO6/c1-23-15-6-4-11(8-17(15)24-2)14-7-12-3-5-13(25-10-18(20)21)9-16(12)26-19(14)22/h3-9H,10H2,1-2H3,(H2,20,21). The van der Waals surface area contributed by atoms with Crippen molar-refractivity contribution in [2.75, 3.05) is 20.8 Å². The lowest BCUT2D eigenvalue weighted by Gasteiger charge is -2.10. The summed E-state index contributed by atoms with van der Waals surface area (Å²) in [5.41, 5.74) is 5.93. The fourth-order valence-electron chi connectivity index (χ4n) is 2.54. The Bertz CT molecular complexity index is 1020. The van der Waals surface area contributed by atoms with E-state index in [4.69, 9.17) is 24.4 Å². The van der Waals surface area contributed by atoms with Gasteiger partial charge in [-0.05, 0) is 35.9 Å². The molecule has 134 valence electrons. The van der Waals surface area contributed by atoms with Crippen molar-refractivity contribution in [3.63, 3.8) is 0 Å². The van der Waals surface area contributed by atoms with Gasteiger partial charge in [-0.3, -0.25) is 4.79 Å². The number of carbonyl (C=O) groups is 1. The summed E-state index contributed by atoms with van der Waals surface area (Å²) in [6.07, 6.45) is 0. The van der Waals surface area contributed by atoms with E-state index in [0.29, 0.717) is 39.3 Å². The van der Waals surface area contributed by atoms with Crippen molar-refractivity contribution in [3.8, 4) is 28.4 Å². The summed E-state index contributed by atoms with van der Waals surface area (Å²) in [5.74, 6) is 0.881. The van der Waals surface area contributed by atoms with Crippen LogP contribution < -0.4 is 25.6 Å². The summed E-state index contributed by atoms with van der Waals surface area (Å²) in [6, 6.07) is 11.9. The summed E-state index contributed by atoms with van der Waals surface area (Å²) in [5, 5.41) is 0.709. The Hall–Kier alpha value is -3.48. The van der Waals surface area contributed by atoms with E-state index in [0.717, 1.165) is 0 Å². The summed E-state index contributed by atoms with van der Waals surface area (Å²) in [4.78, 5) is 23.2. The van der Waals surface area contributed by atoms with Crippen LogP contribution in [0, 0.1) is 0 Å². The molecule has 0 fully saturated rings. The molecule has 2 aromatic carbocycles. The molecular weight excluding hydrogens is 338 g/mol. The van der Waals surface area contributed by atoms with Crippen LogP contribution in [0.2, 0.25) is 0 Å². The van der Waals surface area contributed by atoms with E-state index in [-0.39, 0.29) is 6.61 Å². The van der Waals surface area contributed by atoms with Crippen molar-refractivity contribution in [2.24, 2.45) is 5.73 Å². The van der Waals surface area contributed by atoms with Gasteiger partial charge in [0, 0.05) is 11.5 Å². The van der Waals surface area contributed by atoms with Crippen LogP contribution in [-0.2, 0) is 4.79 Å². The zero-order valence-electron chi connectivity index (χ0n) is 14.3. The van der Waals surface area contributed by atoms with Crippen LogP contribution in [0.15, 0.2) is 51.7 Å². The molecule has 7 nitrogen and oxygen atoms in total. The number of carbonyl (C=O) groups excluding carboxylic acids is 1. The predicted molar refractivity (Wildman–Crippen MR) is 95.7 cm³/mol. The minimum Gasteiger partial charge on any atom is -0.493 e. The number of primary amides is 1. The molecule has 0 atom stereocenters. The topological polar surface area (TPSA) is 101 Å². The maximum Gasteiger partial charge on any atom is 0.344 e. The second-order valence-electron chi connectivity index (χ2n) is 5.47. The monoisotopic (exact) mass is 355 g/mol. The van der Waals surface area contributed by atoms with Crippen LogP contribution in [0.1, 0.15) is 0 Å². The molecule has 0 bridgehead atoms. The highest BCUT2D eigenvalue weighted by Crippen LogP contribution is 2.32. The molecule has 26 heavy (non-hydrogen) atoms. The molecule has 2 N–H and O–H groups in total. The third kappa shape index (κ3) is 3.46. The van der Waals surface area contributed by atoms with Gasteiger partial charge in [0.05, 0.1) is 19.8 Å². The molecular formula is C19H17NO6. The minimum atomic E-state index is -0.588. The first-order valence-electron chi connectivity index (χ1n) is 7.73. The smallest absolute Gasteiger partial charge is 0.344 e. The van der Waals surface area contributed by atoms with E-state index in [1.54, 1.807) is 43.5 Å². The van der Waals surface area contributed by atoms with Gasteiger partial charge in [-0.25, -0.2) is 4.79 Å². The Balaban J connectivity index is 2.03. The van der Waals surface area contributed by atoms with Gasteiger partial charge in [-0.15, -0.1) is 0 Å². The van der Waals surface area contributed by atoms with Crippen molar-refractivity contribution in [2.45, 2.75) is 0 Å². The molecule has 0 aliphatic rings. The Kier molecular flexibility index (Phi) is 4.79. The van der Waals surface area contributed by atoms with Crippen molar-refractivity contribution in [1.29, 1.82) is 0 Å². The number of ether oxygens (including phenoxy) is 3. The van der Waals surface area contributed by atoms with Gasteiger partial charge in [0.2, 0.25) is 0 Å². The van der Waals surface area contributed by atoms with E-state index >= 15 is 0 Å². The summed E-state index contributed by atoms with van der Waals surface area (Å²) >= 11 is 0. The Morgan fingerprint density at radius 1 is 1.04 bits per heavy atom. The van der Waals surface area contributed by atoms with Crippen LogP contribution in [-0.4, -0.2) is 26.7 Å². The number of fused-ring (bicyclic) bond motifs is 1. The van der Waals surface area contributed by atoms with Crippen LogP contribution in [0.5, 0.6) is 17.2 Å². The van der Waals surface area contributed by atoms with Crippen LogP contribution in [0.3, 0.4) is 0 Å². The Morgan fingerprint density at radius 3 is 2.50 bits per heavy atom. The van der Waals surface area contributed by atoms with Gasteiger partial charge in [-0.1, -0.05) is 6.07 Å². The molecule has 3 rings (SSSR count). The molecule has 7 heteroatoms. The maximum atomic E-state index is 12.4. The van der Waals surface area contributed by atoms with E-state index in [1.165, 1.54) is 13.2 Å². The van der Waals surface area contributed by atoms with Gasteiger partial charge in [0.1, 0.15) is 11.3 Å². The van der Waals surface area contributed by atoms with Crippen molar-refractivity contribution in [3.05, 3.63) is 52.9 Å². The number of hydrogen-bond acceptors (Lipinski definition) is 6. The number of rotatable bonds is 6. The SMILES string of the molecule is COc1ccc(-c2cc3ccc(OCC(N)=O)cc3oc2=O)cc1OC. The van der Waals surface area contributed by atoms with E-state index < -0.39 is 11.5 Å². The highest BCUT2D eigenvalue weighted by Gasteiger charge is 2.12. The number of nitrogens with two attached hydrogens (primary N) is 1. The molecule has 0 aliphatic carbocycles. The summed E-state index contributed by atoms with van der Waals surface area (Å²) in [7, 11) is 3.07. The third-order valence-electron chi connectivity index (χ3n) is 3.78. The molecule has 1 heterocycles. The molecule has 1 amide bonds. The highest BCUT2D eigenvalue weighted by atomic mass is 16.5. The fraction of sp³-hybridized carbons (Fsp3) is 0.158. The number of amides is 1. The number of methoxy groups -OCH3 is 2. The highest BCUT2D eigenvalue weighted by molar-refractivity contribution is 5.83. The first-order valence-corrected chi connectivity index (χ1v) is 7.73. The summed E-state index contributed by atoms with van der Waals surface area (Å²) < 4.78 is 21.1. The first-order chi connectivity index (χ1) is 12.5. The van der Waals surface area contributed by atoms with E-state index in [1.807, 2.05) is 0 Å². The molecule has 0 radical (unpaired) electrons. The lowest BCUT2D eigenvalue weighted by atomic mass is 10.1. The average molecular weight is 355 g/mol. The molecule has 0 unspecified atom stereocenters. The average Bonchev–Trinajstić information content (AvgIpc) is 2.65. The molecule has 3 aromatic rings. The van der Waals surface area contributed by atoms with Gasteiger partial charge in [0.15, 0.2) is 18.1 Å². The predicted octanol–water partition coefficient (Wildman–Crippen LogP) is 2.34. The number of benzene rings is 2. The van der Waals surface area contributed by atoms with Gasteiger partial charge < -0.3 is 24.4 Å². The second-order valence-corrected chi connectivity index (χ2v) is 5.47. The van der Waals surface area contributed by atoms with Crippen molar-refractivity contribution >= 4 is 16.9 Å². The lowest BCUT2D eigenvalue weighted by molar-refractivity contribution is -0.119. The third-order valence-corrected chi connectivity index (χ3v) is 3.78. The molecule has 0 aliphatic heterocycles. The van der Waals surface area contributed by atoms with Crippen LogP contribution in [0.4, 0.5) is 0 Å². The molecule has 0 spiro atoms. The largest absolute Gasteiger partial charge is 0.493 e. The number of hydrogen-bond donors (Lipinski definition) is 1. The van der Waals surface area contributed by atoms with Crippen molar-refractivity contribution < 1.29 is 23.4 Å². The zero-order chi connectivity index (χ0) is 18.7. The van der Waals surface area contributed by atoms with Crippen LogP contribution in [0.25, 0.3) is 22.1 Å². The van der Waals surface area contributed by atoms with Gasteiger partial charge in [-0.2, -0.15) is 0 Å². The van der Waals surface area contributed by atoms with Crippen molar-refractivity contribution in [1.82, 2.24) is 0 Å². The van der Waals surface area contributed by atoms with Gasteiger partial charge >= 0.3 is 5.63 Å². The second kappa shape index (κ2) is 7.18. The molecule has 0 saturated carbocycles. The fourth-order valence-corrected chi connectivity index (χ4v) is 2.54. The van der Waals surface area contributed by atoms with E-state index in [2.05, 4.69) is 0 Å². The van der Waals surface area contributed by atoms with Gasteiger partial charge in [0.25, 0.3) is 5.91 Å². The normalized spacial score (nSPS) is 10.5.